The molecule has 2 N–H and O–H groups in total. The molecule has 0 saturated heterocycles. The summed E-state index contributed by atoms with van der Waals surface area (Å²) < 4.78 is 39.4. The Bertz CT molecular complexity index is 571. The SMILES string of the molecule is O=S(=O)(Cc1cccc(F)c1)N[C@@H]1C=C[C@H](CO)C1. The molecule has 1 aliphatic rings. The first-order valence-electron chi connectivity index (χ1n) is 6.02. The molecule has 2 atom stereocenters. The topological polar surface area (TPSA) is 66.4 Å². The quantitative estimate of drug-likeness (QED) is 0.798. The van der Waals surface area contributed by atoms with Crippen molar-refractivity contribution < 1.29 is 17.9 Å². The number of sulfonamides is 1. The molecule has 0 fully saturated rings. The molecule has 1 aromatic rings. The average Bonchev–Trinajstić information content (AvgIpc) is 2.75. The Morgan fingerprint density at radius 1 is 1.37 bits per heavy atom. The van der Waals surface area contributed by atoms with Crippen LogP contribution in [0.3, 0.4) is 0 Å². The highest BCUT2D eigenvalue weighted by molar-refractivity contribution is 7.88. The van der Waals surface area contributed by atoms with Gasteiger partial charge in [0.05, 0.1) is 5.75 Å². The zero-order valence-corrected chi connectivity index (χ0v) is 11.1. The van der Waals surface area contributed by atoms with Gasteiger partial charge in [-0.3, -0.25) is 0 Å². The monoisotopic (exact) mass is 285 g/mol. The zero-order valence-electron chi connectivity index (χ0n) is 10.3. The third-order valence-electron chi connectivity index (χ3n) is 2.98. The number of aliphatic hydroxyl groups excluding tert-OH is 1. The fourth-order valence-electron chi connectivity index (χ4n) is 2.12. The Balaban J connectivity index is 1.98. The van der Waals surface area contributed by atoms with Crippen molar-refractivity contribution in [3.05, 3.63) is 47.8 Å². The largest absolute Gasteiger partial charge is 0.396 e. The third-order valence-corrected chi connectivity index (χ3v) is 4.36. The third kappa shape index (κ3) is 4.12. The smallest absolute Gasteiger partial charge is 0.216 e. The van der Waals surface area contributed by atoms with Crippen LogP contribution in [0.1, 0.15) is 12.0 Å². The fourth-order valence-corrected chi connectivity index (χ4v) is 3.45. The second-order valence-electron chi connectivity index (χ2n) is 4.68. The lowest BCUT2D eigenvalue weighted by atomic mass is 10.1. The molecule has 4 nitrogen and oxygen atoms in total. The average molecular weight is 285 g/mol. The van der Waals surface area contributed by atoms with Crippen molar-refractivity contribution in [3.63, 3.8) is 0 Å². The highest BCUT2D eigenvalue weighted by Gasteiger charge is 2.23. The van der Waals surface area contributed by atoms with E-state index in [4.69, 9.17) is 5.11 Å². The zero-order chi connectivity index (χ0) is 13.9. The number of benzene rings is 1. The van der Waals surface area contributed by atoms with Crippen LogP contribution in [-0.2, 0) is 15.8 Å². The summed E-state index contributed by atoms with van der Waals surface area (Å²) in [5.41, 5.74) is 0.410. The molecular weight excluding hydrogens is 269 g/mol. The predicted molar refractivity (Wildman–Crippen MR) is 70.3 cm³/mol. The lowest BCUT2D eigenvalue weighted by Gasteiger charge is -2.13. The molecule has 1 aromatic carbocycles. The Morgan fingerprint density at radius 3 is 2.79 bits per heavy atom. The van der Waals surface area contributed by atoms with Crippen molar-refractivity contribution >= 4 is 10.0 Å². The molecular formula is C13H16FNO3S. The number of nitrogens with one attached hydrogen (secondary N) is 1. The Labute approximate surface area is 112 Å². The summed E-state index contributed by atoms with van der Waals surface area (Å²) in [6.07, 6.45) is 4.10. The van der Waals surface area contributed by atoms with Gasteiger partial charge in [0.1, 0.15) is 5.82 Å². The van der Waals surface area contributed by atoms with Gasteiger partial charge in [0.25, 0.3) is 0 Å². The molecule has 0 saturated carbocycles. The minimum atomic E-state index is -3.52. The van der Waals surface area contributed by atoms with Crippen molar-refractivity contribution in [2.45, 2.75) is 18.2 Å². The van der Waals surface area contributed by atoms with E-state index in [-0.39, 0.29) is 24.3 Å². The van der Waals surface area contributed by atoms with E-state index in [1.54, 1.807) is 18.2 Å². The van der Waals surface area contributed by atoms with Gasteiger partial charge >= 0.3 is 0 Å². The number of aliphatic hydroxyl groups is 1. The number of rotatable bonds is 5. The molecule has 6 heteroatoms. The Morgan fingerprint density at radius 2 is 2.16 bits per heavy atom. The summed E-state index contributed by atoms with van der Waals surface area (Å²) in [6, 6.07) is 5.24. The highest BCUT2D eigenvalue weighted by Crippen LogP contribution is 2.18. The van der Waals surface area contributed by atoms with E-state index >= 15 is 0 Å². The van der Waals surface area contributed by atoms with E-state index in [9.17, 15) is 12.8 Å². The van der Waals surface area contributed by atoms with Crippen molar-refractivity contribution in [1.29, 1.82) is 0 Å². The predicted octanol–water partition coefficient (Wildman–Crippen LogP) is 1.18. The van der Waals surface area contributed by atoms with Crippen LogP contribution in [0.25, 0.3) is 0 Å². The first kappa shape index (κ1) is 14.2. The summed E-state index contributed by atoms with van der Waals surface area (Å²) in [7, 11) is -3.52. The van der Waals surface area contributed by atoms with Gasteiger partial charge < -0.3 is 5.11 Å². The molecule has 0 aliphatic heterocycles. The highest BCUT2D eigenvalue weighted by atomic mass is 32.2. The molecule has 19 heavy (non-hydrogen) atoms. The van der Waals surface area contributed by atoms with E-state index in [1.165, 1.54) is 18.2 Å². The van der Waals surface area contributed by atoms with E-state index < -0.39 is 15.8 Å². The van der Waals surface area contributed by atoms with Gasteiger partial charge in [-0.2, -0.15) is 0 Å². The van der Waals surface area contributed by atoms with Gasteiger partial charge in [0.2, 0.25) is 10.0 Å². The molecule has 0 radical (unpaired) electrons. The van der Waals surface area contributed by atoms with E-state index in [2.05, 4.69) is 4.72 Å². The molecule has 0 bridgehead atoms. The van der Waals surface area contributed by atoms with Crippen LogP contribution in [0.4, 0.5) is 4.39 Å². The maximum atomic E-state index is 13.0. The molecule has 104 valence electrons. The minimum absolute atomic E-state index is 0.00173. The maximum Gasteiger partial charge on any atom is 0.216 e. The summed E-state index contributed by atoms with van der Waals surface area (Å²) in [6.45, 7) is 0.0125. The lowest BCUT2D eigenvalue weighted by molar-refractivity contribution is 0.248. The van der Waals surface area contributed by atoms with Gasteiger partial charge in [0.15, 0.2) is 0 Å². The first-order valence-corrected chi connectivity index (χ1v) is 7.67. The fraction of sp³-hybridized carbons (Fsp3) is 0.385. The molecule has 0 unspecified atom stereocenters. The van der Waals surface area contributed by atoms with Crippen molar-refractivity contribution in [2.75, 3.05) is 6.61 Å². The normalized spacial score (nSPS) is 22.8. The van der Waals surface area contributed by atoms with Crippen LogP contribution in [0.2, 0.25) is 0 Å². The first-order chi connectivity index (χ1) is 8.98. The summed E-state index contributed by atoms with van der Waals surface area (Å²) in [5, 5.41) is 8.98. The molecule has 1 aliphatic carbocycles. The number of halogens is 1. The molecule has 0 aromatic heterocycles. The molecule has 0 amide bonds. The summed E-state index contributed by atoms with van der Waals surface area (Å²) in [4.78, 5) is 0. The standard InChI is InChI=1S/C13H16FNO3S/c14-12-3-1-2-11(6-12)9-19(17,18)15-13-5-4-10(7-13)8-16/h1-6,10,13,15-16H,7-9H2/t10-,13+/m0/s1. The van der Waals surface area contributed by atoms with Crippen LogP contribution in [0.15, 0.2) is 36.4 Å². The van der Waals surface area contributed by atoms with Crippen molar-refractivity contribution in [1.82, 2.24) is 4.72 Å². The molecule has 0 spiro atoms. The van der Waals surface area contributed by atoms with Crippen LogP contribution in [-0.4, -0.2) is 26.2 Å². The Kier molecular flexibility index (Phi) is 4.34. The van der Waals surface area contributed by atoms with E-state index in [0.717, 1.165) is 0 Å². The van der Waals surface area contributed by atoms with Crippen molar-refractivity contribution in [3.8, 4) is 0 Å². The van der Waals surface area contributed by atoms with Gasteiger partial charge in [-0.1, -0.05) is 24.3 Å². The van der Waals surface area contributed by atoms with E-state index in [1.807, 2.05) is 0 Å². The molecule has 0 heterocycles. The van der Waals surface area contributed by atoms with E-state index in [0.29, 0.717) is 12.0 Å². The Hall–Kier alpha value is -1.24. The lowest BCUT2D eigenvalue weighted by Crippen LogP contribution is -2.33. The second kappa shape index (κ2) is 5.81. The minimum Gasteiger partial charge on any atom is -0.396 e. The van der Waals surface area contributed by atoms with Crippen LogP contribution in [0.5, 0.6) is 0 Å². The van der Waals surface area contributed by atoms with Crippen molar-refractivity contribution in [2.24, 2.45) is 5.92 Å². The van der Waals surface area contributed by atoms with Crippen LogP contribution in [0, 0.1) is 11.7 Å². The van der Waals surface area contributed by atoms with Gasteiger partial charge in [0, 0.05) is 18.6 Å². The summed E-state index contributed by atoms with van der Waals surface area (Å²) >= 11 is 0. The summed E-state index contributed by atoms with van der Waals surface area (Å²) in [5.74, 6) is -0.700. The van der Waals surface area contributed by atoms with Gasteiger partial charge in [-0.25, -0.2) is 17.5 Å². The van der Waals surface area contributed by atoms with Crippen LogP contribution >= 0.6 is 0 Å². The maximum absolute atomic E-state index is 13.0. The second-order valence-corrected chi connectivity index (χ2v) is 6.43. The van der Waals surface area contributed by atoms with Crippen LogP contribution < -0.4 is 4.72 Å². The number of hydrogen-bond donors (Lipinski definition) is 2. The van der Waals surface area contributed by atoms with Gasteiger partial charge in [-0.15, -0.1) is 0 Å². The number of hydrogen-bond acceptors (Lipinski definition) is 3. The van der Waals surface area contributed by atoms with Gasteiger partial charge in [-0.05, 0) is 24.1 Å². The molecule has 2 rings (SSSR count).